The summed E-state index contributed by atoms with van der Waals surface area (Å²) in [7, 11) is 0. The van der Waals surface area contributed by atoms with Gasteiger partial charge in [-0.2, -0.15) is 10.1 Å². The van der Waals surface area contributed by atoms with Crippen molar-refractivity contribution in [2.45, 2.75) is 39.2 Å². The van der Waals surface area contributed by atoms with Crippen LogP contribution in [0.2, 0.25) is 0 Å². The molecule has 4 aromatic rings. The third-order valence-corrected chi connectivity index (χ3v) is 6.84. The molecule has 1 N–H and O–H groups in total. The van der Waals surface area contributed by atoms with E-state index in [-0.39, 0.29) is 11.8 Å². The van der Waals surface area contributed by atoms with Gasteiger partial charge in [-0.25, -0.2) is 9.78 Å². The number of aromatic amines is 1. The van der Waals surface area contributed by atoms with Crippen molar-refractivity contribution in [3.8, 4) is 22.5 Å². The zero-order valence-electron chi connectivity index (χ0n) is 17.7. The van der Waals surface area contributed by atoms with Gasteiger partial charge in [-0.1, -0.05) is 73.2 Å². The van der Waals surface area contributed by atoms with Crippen LogP contribution in [-0.4, -0.2) is 36.3 Å². The number of nitrogens with one attached hydrogen (secondary N) is 1. The van der Waals surface area contributed by atoms with E-state index in [1.807, 2.05) is 22.9 Å². The van der Waals surface area contributed by atoms with Crippen molar-refractivity contribution in [2.75, 3.05) is 0 Å². The Morgan fingerprint density at radius 1 is 1.16 bits per heavy atom. The van der Waals surface area contributed by atoms with Crippen LogP contribution in [0, 0.1) is 5.92 Å². The lowest BCUT2D eigenvalue weighted by atomic mass is 9.85. The molecule has 0 saturated heterocycles. The number of amides is 1. The molecular formula is C23H23N7OS. The highest BCUT2D eigenvalue weighted by molar-refractivity contribution is 7.08. The van der Waals surface area contributed by atoms with E-state index in [0.717, 1.165) is 52.9 Å². The van der Waals surface area contributed by atoms with E-state index in [9.17, 15) is 4.79 Å². The van der Waals surface area contributed by atoms with Gasteiger partial charge in [0, 0.05) is 11.5 Å². The van der Waals surface area contributed by atoms with Gasteiger partial charge in [0.1, 0.15) is 5.01 Å². The van der Waals surface area contributed by atoms with Crippen molar-refractivity contribution in [1.82, 2.24) is 30.4 Å². The topological polar surface area (TPSA) is 102 Å². The molecule has 0 unspecified atom stereocenters. The highest BCUT2D eigenvalue weighted by Crippen LogP contribution is 2.30. The van der Waals surface area contributed by atoms with Gasteiger partial charge in [0.15, 0.2) is 5.82 Å². The molecule has 1 saturated carbocycles. The quantitative estimate of drug-likeness (QED) is 0.488. The molecule has 2 aromatic heterocycles. The average Bonchev–Trinajstić information content (AvgIpc) is 3.44. The van der Waals surface area contributed by atoms with Crippen LogP contribution in [-0.2, 0) is 17.8 Å². The normalized spacial score (nSPS) is 14.5. The van der Waals surface area contributed by atoms with E-state index in [1.54, 1.807) is 0 Å². The summed E-state index contributed by atoms with van der Waals surface area (Å²) in [5.74, 6) is 0.719. The van der Waals surface area contributed by atoms with Crippen molar-refractivity contribution >= 4 is 17.2 Å². The number of rotatable bonds is 6. The molecule has 5 rings (SSSR count). The Balaban J connectivity index is 1.41. The van der Waals surface area contributed by atoms with Crippen molar-refractivity contribution in [3.05, 3.63) is 63.9 Å². The first-order valence-electron chi connectivity index (χ1n) is 10.8. The molecule has 1 aliphatic carbocycles. The lowest BCUT2D eigenvalue weighted by Crippen LogP contribution is -2.25. The maximum absolute atomic E-state index is 12.4. The molecule has 1 aliphatic rings. The van der Waals surface area contributed by atoms with Crippen LogP contribution < -0.4 is 4.80 Å². The number of hydrogen-bond acceptors (Lipinski definition) is 6. The Morgan fingerprint density at radius 2 is 1.94 bits per heavy atom. The maximum atomic E-state index is 12.4. The van der Waals surface area contributed by atoms with Crippen molar-refractivity contribution in [2.24, 2.45) is 10.9 Å². The maximum Gasteiger partial charge on any atom is 0.251 e. The van der Waals surface area contributed by atoms with Gasteiger partial charge in [-0.05, 0) is 46.4 Å². The molecule has 2 heterocycles. The van der Waals surface area contributed by atoms with Crippen LogP contribution in [0.3, 0.4) is 0 Å². The standard InChI is InChI=1S/C23H23N7OS/c1-2-20-27-30(23(32-20)24-22(31)17-6-5-7-17)14-15-10-12-16(13-11-15)18-8-3-4-9-19(18)21-25-28-29-26-21/h3-4,8-13,17H,2,5-7,14H2,1H3,(H,25,26,28,29). The monoisotopic (exact) mass is 445 g/mol. The summed E-state index contributed by atoms with van der Waals surface area (Å²) in [6.07, 6.45) is 3.85. The van der Waals surface area contributed by atoms with Crippen LogP contribution >= 0.6 is 11.3 Å². The minimum Gasteiger partial charge on any atom is -0.272 e. The third kappa shape index (κ3) is 4.16. The number of tetrazole rings is 1. The zero-order valence-corrected chi connectivity index (χ0v) is 18.5. The number of H-pyrrole nitrogens is 1. The fourth-order valence-corrected chi connectivity index (χ4v) is 4.54. The largest absolute Gasteiger partial charge is 0.272 e. The molecule has 0 radical (unpaired) electrons. The predicted molar refractivity (Wildman–Crippen MR) is 122 cm³/mol. The minimum atomic E-state index is -0.00911. The van der Waals surface area contributed by atoms with Gasteiger partial charge in [-0.3, -0.25) is 4.79 Å². The van der Waals surface area contributed by atoms with Gasteiger partial charge >= 0.3 is 0 Å². The van der Waals surface area contributed by atoms with Gasteiger partial charge < -0.3 is 0 Å². The molecule has 2 aromatic carbocycles. The summed E-state index contributed by atoms with van der Waals surface area (Å²) >= 11 is 1.50. The second kappa shape index (κ2) is 8.96. The molecule has 0 bridgehead atoms. The molecule has 0 atom stereocenters. The van der Waals surface area contributed by atoms with Crippen LogP contribution in [0.5, 0.6) is 0 Å². The third-order valence-electron chi connectivity index (χ3n) is 5.75. The van der Waals surface area contributed by atoms with E-state index >= 15 is 0 Å². The average molecular weight is 446 g/mol. The van der Waals surface area contributed by atoms with Crippen LogP contribution in [0.25, 0.3) is 22.5 Å². The number of hydrogen-bond donors (Lipinski definition) is 1. The summed E-state index contributed by atoms with van der Waals surface area (Å²) < 4.78 is 1.85. The second-order valence-corrected chi connectivity index (χ2v) is 8.90. The van der Waals surface area contributed by atoms with Crippen LogP contribution in [0.1, 0.15) is 36.8 Å². The van der Waals surface area contributed by atoms with E-state index in [2.05, 4.69) is 68.0 Å². The number of aromatic nitrogens is 6. The van der Waals surface area contributed by atoms with Gasteiger partial charge in [-0.15, -0.1) is 5.10 Å². The Kier molecular flexibility index (Phi) is 5.72. The fourth-order valence-electron chi connectivity index (χ4n) is 3.70. The van der Waals surface area contributed by atoms with E-state index in [4.69, 9.17) is 0 Å². The van der Waals surface area contributed by atoms with E-state index < -0.39 is 0 Å². The Bertz CT molecular complexity index is 1280. The summed E-state index contributed by atoms with van der Waals surface area (Å²) in [4.78, 5) is 17.5. The van der Waals surface area contributed by atoms with Crippen LogP contribution in [0.4, 0.5) is 0 Å². The molecule has 8 nitrogen and oxygen atoms in total. The SMILES string of the molecule is CCc1nn(Cc2ccc(-c3ccccc3-c3nnn[nH]3)cc2)c(=NC(=O)C2CCC2)s1. The van der Waals surface area contributed by atoms with Gasteiger partial charge in [0.25, 0.3) is 5.91 Å². The number of carbonyl (C=O) groups is 1. The first-order valence-corrected chi connectivity index (χ1v) is 11.6. The van der Waals surface area contributed by atoms with Crippen molar-refractivity contribution in [3.63, 3.8) is 0 Å². The van der Waals surface area contributed by atoms with E-state index in [1.165, 1.54) is 11.3 Å². The number of aryl methyl sites for hydroxylation is 1. The molecular weight excluding hydrogens is 422 g/mol. The fraction of sp³-hybridized carbons (Fsp3) is 0.304. The summed E-state index contributed by atoms with van der Waals surface area (Å²) in [6.45, 7) is 2.64. The van der Waals surface area contributed by atoms with Crippen molar-refractivity contribution in [1.29, 1.82) is 0 Å². The molecule has 1 fully saturated rings. The Hall–Kier alpha value is -3.46. The Labute approximate surface area is 189 Å². The number of carbonyl (C=O) groups excluding carboxylic acids is 1. The predicted octanol–water partition coefficient (Wildman–Crippen LogP) is 3.63. The summed E-state index contributed by atoms with van der Waals surface area (Å²) in [5.41, 5.74) is 4.16. The highest BCUT2D eigenvalue weighted by atomic mass is 32.1. The minimum absolute atomic E-state index is 0.00911. The smallest absolute Gasteiger partial charge is 0.251 e. The second-order valence-electron chi connectivity index (χ2n) is 7.86. The molecule has 162 valence electrons. The lowest BCUT2D eigenvalue weighted by Gasteiger charge is -2.20. The summed E-state index contributed by atoms with van der Waals surface area (Å²) in [5, 5.41) is 19.9. The van der Waals surface area contributed by atoms with Gasteiger partial charge in [0.2, 0.25) is 4.80 Å². The van der Waals surface area contributed by atoms with Gasteiger partial charge in [0.05, 0.1) is 6.54 Å². The molecule has 32 heavy (non-hydrogen) atoms. The molecule has 0 spiro atoms. The first kappa shape index (κ1) is 20.4. The molecule has 9 heteroatoms. The first-order chi connectivity index (χ1) is 15.7. The zero-order chi connectivity index (χ0) is 21.9. The highest BCUT2D eigenvalue weighted by Gasteiger charge is 2.25. The molecule has 1 amide bonds. The van der Waals surface area contributed by atoms with Crippen molar-refractivity contribution < 1.29 is 4.79 Å². The Morgan fingerprint density at radius 3 is 2.59 bits per heavy atom. The van der Waals surface area contributed by atoms with E-state index in [0.29, 0.717) is 17.2 Å². The molecule has 0 aliphatic heterocycles. The lowest BCUT2D eigenvalue weighted by molar-refractivity contribution is -0.124. The number of benzene rings is 2. The number of nitrogens with zero attached hydrogens (tertiary/aromatic N) is 6. The summed E-state index contributed by atoms with van der Waals surface area (Å²) in [6, 6.07) is 16.4. The van der Waals surface area contributed by atoms with Crippen LogP contribution in [0.15, 0.2) is 53.5 Å².